The van der Waals surface area contributed by atoms with E-state index in [1.807, 2.05) is 0 Å². The van der Waals surface area contributed by atoms with Crippen LogP contribution in [0.25, 0.3) is 0 Å². The molecule has 0 radical (unpaired) electrons. The molecule has 0 aromatic heterocycles. The number of benzene rings is 2. The number of anilines is 3. The lowest BCUT2D eigenvalue weighted by atomic mass is 10.2. The molecule has 5 nitrogen and oxygen atoms in total. The second kappa shape index (κ2) is 7.21. The highest BCUT2D eigenvalue weighted by atomic mass is 19.1. The van der Waals surface area contributed by atoms with Gasteiger partial charge in [0.05, 0.1) is 5.69 Å². The number of urea groups is 1. The van der Waals surface area contributed by atoms with Crippen LogP contribution in [0.4, 0.5) is 26.2 Å². The Kier molecular flexibility index (Phi) is 5.08. The van der Waals surface area contributed by atoms with Crippen LogP contribution in [-0.2, 0) is 4.79 Å². The summed E-state index contributed by atoms with van der Waals surface area (Å²) in [6, 6.07) is 12.0. The third-order valence-electron chi connectivity index (χ3n) is 2.87. The molecular weight excluding hydrogens is 285 g/mol. The van der Waals surface area contributed by atoms with Crippen molar-refractivity contribution in [1.82, 2.24) is 0 Å². The van der Waals surface area contributed by atoms with Gasteiger partial charge in [-0.25, -0.2) is 9.18 Å². The van der Waals surface area contributed by atoms with Gasteiger partial charge in [-0.3, -0.25) is 4.79 Å². The smallest absolute Gasteiger partial charge is 0.323 e. The molecular formula is C16H16FN3O2. The number of rotatable bonds is 4. The molecule has 2 rings (SSSR count). The van der Waals surface area contributed by atoms with Crippen LogP contribution in [-0.4, -0.2) is 11.9 Å². The molecule has 6 heteroatoms. The van der Waals surface area contributed by atoms with Crippen molar-refractivity contribution in [1.29, 1.82) is 0 Å². The molecule has 0 aliphatic rings. The van der Waals surface area contributed by atoms with Crippen molar-refractivity contribution < 1.29 is 14.0 Å². The quantitative estimate of drug-likeness (QED) is 0.803. The van der Waals surface area contributed by atoms with Crippen molar-refractivity contribution >= 4 is 29.0 Å². The van der Waals surface area contributed by atoms with Crippen molar-refractivity contribution in [3.05, 3.63) is 54.3 Å². The summed E-state index contributed by atoms with van der Waals surface area (Å²) in [5, 5.41) is 7.71. The van der Waals surface area contributed by atoms with Crippen LogP contribution in [0.5, 0.6) is 0 Å². The Balaban J connectivity index is 1.94. The maximum atomic E-state index is 13.4. The highest BCUT2D eigenvalue weighted by molar-refractivity contribution is 6.00. The molecule has 114 valence electrons. The lowest BCUT2D eigenvalue weighted by Gasteiger charge is -2.09. The van der Waals surface area contributed by atoms with Crippen LogP contribution >= 0.6 is 0 Å². The Labute approximate surface area is 127 Å². The van der Waals surface area contributed by atoms with E-state index in [2.05, 4.69) is 16.0 Å². The fraction of sp³-hybridized carbons (Fsp3) is 0.125. The van der Waals surface area contributed by atoms with Gasteiger partial charge in [-0.15, -0.1) is 0 Å². The number of carbonyl (C=O) groups excluding carboxylic acids is 2. The molecule has 0 aliphatic heterocycles. The molecule has 0 fully saturated rings. The Morgan fingerprint density at radius 2 is 1.50 bits per heavy atom. The molecule has 2 aromatic carbocycles. The third-order valence-corrected chi connectivity index (χ3v) is 2.87. The minimum atomic E-state index is -0.546. The van der Waals surface area contributed by atoms with Gasteiger partial charge in [-0.2, -0.15) is 0 Å². The fourth-order valence-electron chi connectivity index (χ4n) is 1.73. The lowest BCUT2D eigenvalue weighted by Crippen LogP contribution is -2.20. The van der Waals surface area contributed by atoms with Crippen molar-refractivity contribution in [3.8, 4) is 0 Å². The first-order chi connectivity index (χ1) is 10.6. The molecule has 0 unspecified atom stereocenters. The van der Waals surface area contributed by atoms with E-state index in [1.54, 1.807) is 43.3 Å². The van der Waals surface area contributed by atoms with E-state index in [0.717, 1.165) is 0 Å². The summed E-state index contributed by atoms with van der Waals surface area (Å²) in [5.41, 5.74) is 1.28. The van der Waals surface area contributed by atoms with E-state index in [9.17, 15) is 14.0 Å². The Hall–Kier alpha value is -2.89. The number of halogens is 1. The van der Waals surface area contributed by atoms with Gasteiger partial charge in [0.2, 0.25) is 5.91 Å². The number of carbonyl (C=O) groups is 2. The minimum absolute atomic E-state index is 0.0852. The van der Waals surface area contributed by atoms with Crippen LogP contribution < -0.4 is 16.0 Å². The van der Waals surface area contributed by atoms with Crippen LogP contribution in [0, 0.1) is 5.82 Å². The van der Waals surface area contributed by atoms with E-state index in [1.165, 1.54) is 12.1 Å². The van der Waals surface area contributed by atoms with E-state index >= 15 is 0 Å². The molecule has 3 N–H and O–H groups in total. The van der Waals surface area contributed by atoms with E-state index in [-0.39, 0.29) is 11.6 Å². The van der Waals surface area contributed by atoms with Gasteiger partial charge in [0, 0.05) is 17.8 Å². The molecule has 0 aliphatic carbocycles. The van der Waals surface area contributed by atoms with E-state index in [0.29, 0.717) is 17.8 Å². The maximum Gasteiger partial charge on any atom is 0.323 e. The molecule has 22 heavy (non-hydrogen) atoms. The van der Waals surface area contributed by atoms with Gasteiger partial charge in [0.1, 0.15) is 5.82 Å². The first-order valence-electron chi connectivity index (χ1n) is 6.81. The maximum absolute atomic E-state index is 13.4. The van der Waals surface area contributed by atoms with Crippen molar-refractivity contribution in [2.75, 3.05) is 16.0 Å². The second-order valence-electron chi connectivity index (χ2n) is 4.54. The Bertz CT molecular complexity index is 671. The second-order valence-corrected chi connectivity index (χ2v) is 4.54. The van der Waals surface area contributed by atoms with Gasteiger partial charge in [0.15, 0.2) is 0 Å². The SMILES string of the molecule is CCC(=O)Nc1ccc(NC(=O)Nc2ccccc2F)cc1. The monoisotopic (exact) mass is 301 g/mol. The summed E-state index contributed by atoms with van der Waals surface area (Å²) in [7, 11) is 0. The average molecular weight is 301 g/mol. The number of hydrogen-bond donors (Lipinski definition) is 3. The number of hydrogen-bond acceptors (Lipinski definition) is 2. The molecule has 0 saturated heterocycles. The van der Waals surface area contributed by atoms with Crippen molar-refractivity contribution in [2.24, 2.45) is 0 Å². The van der Waals surface area contributed by atoms with Crippen LogP contribution in [0.15, 0.2) is 48.5 Å². The molecule has 0 heterocycles. The molecule has 2 aromatic rings. The zero-order chi connectivity index (χ0) is 15.9. The zero-order valence-electron chi connectivity index (χ0n) is 12.0. The van der Waals surface area contributed by atoms with Gasteiger partial charge >= 0.3 is 6.03 Å². The molecule has 0 atom stereocenters. The molecule has 0 spiro atoms. The Morgan fingerprint density at radius 3 is 2.09 bits per heavy atom. The number of para-hydroxylation sites is 1. The Morgan fingerprint density at radius 1 is 0.909 bits per heavy atom. The van der Waals surface area contributed by atoms with Gasteiger partial charge in [-0.05, 0) is 36.4 Å². The van der Waals surface area contributed by atoms with Gasteiger partial charge in [-0.1, -0.05) is 19.1 Å². The van der Waals surface area contributed by atoms with Crippen LogP contribution in [0.1, 0.15) is 13.3 Å². The summed E-state index contributed by atoms with van der Waals surface area (Å²) in [6.45, 7) is 1.76. The normalized spacial score (nSPS) is 9.91. The first-order valence-corrected chi connectivity index (χ1v) is 6.81. The molecule has 0 saturated carbocycles. The predicted molar refractivity (Wildman–Crippen MR) is 84.4 cm³/mol. The lowest BCUT2D eigenvalue weighted by molar-refractivity contribution is -0.115. The number of nitrogens with one attached hydrogen (secondary N) is 3. The summed E-state index contributed by atoms with van der Waals surface area (Å²) in [4.78, 5) is 23.0. The first kappa shape index (κ1) is 15.5. The fourth-order valence-corrected chi connectivity index (χ4v) is 1.73. The number of amides is 3. The summed E-state index contributed by atoms with van der Waals surface area (Å²) in [6.07, 6.45) is 0.394. The van der Waals surface area contributed by atoms with E-state index in [4.69, 9.17) is 0 Å². The highest BCUT2D eigenvalue weighted by Gasteiger charge is 2.06. The third kappa shape index (κ3) is 4.31. The van der Waals surface area contributed by atoms with Gasteiger partial charge < -0.3 is 16.0 Å². The standard InChI is InChI=1S/C16H16FN3O2/c1-2-15(21)18-11-7-9-12(10-8-11)19-16(22)20-14-6-4-3-5-13(14)17/h3-10H,2H2,1H3,(H,18,21)(H2,19,20,22). The summed E-state index contributed by atoms with van der Waals surface area (Å²) < 4.78 is 13.4. The molecule has 0 bridgehead atoms. The molecule has 3 amide bonds. The average Bonchev–Trinajstić information content (AvgIpc) is 2.51. The largest absolute Gasteiger partial charge is 0.326 e. The van der Waals surface area contributed by atoms with Crippen molar-refractivity contribution in [3.63, 3.8) is 0 Å². The topological polar surface area (TPSA) is 70.2 Å². The van der Waals surface area contributed by atoms with Crippen LogP contribution in [0.3, 0.4) is 0 Å². The summed E-state index contributed by atoms with van der Waals surface area (Å²) >= 11 is 0. The predicted octanol–water partition coefficient (Wildman–Crippen LogP) is 3.82. The summed E-state index contributed by atoms with van der Waals surface area (Å²) in [5.74, 6) is -0.590. The zero-order valence-corrected chi connectivity index (χ0v) is 12.0. The van der Waals surface area contributed by atoms with Crippen molar-refractivity contribution in [2.45, 2.75) is 13.3 Å². The highest BCUT2D eigenvalue weighted by Crippen LogP contribution is 2.16. The van der Waals surface area contributed by atoms with E-state index < -0.39 is 11.8 Å². The van der Waals surface area contributed by atoms with Gasteiger partial charge in [0.25, 0.3) is 0 Å². The minimum Gasteiger partial charge on any atom is -0.326 e. The van der Waals surface area contributed by atoms with Crippen LogP contribution in [0.2, 0.25) is 0 Å².